The highest BCUT2D eigenvalue weighted by molar-refractivity contribution is 5.78. The number of fused-ring (bicyclic) bond motifs is 1. The normalized spacial score (nSPS) is 16.1. The molecular formula is C34H34N4O. The molecule has 196 valence electrons. The monoisotopic (exact) mass is 514 g/mol. The summed E-state index contributed by atoms with van der Waals surface area (Å²) in [5, 5.41) is 4.65. The van der Waals surface area contributed by atoms with Gasteiger partial charge in [-0.25, -0.2) is 4.68 Å². The van der Waals surface area contributed by atoms with E-state index in [-0.39, 0.29) is 6.17 Å². The van der Waals surface area contributed by atoms with Crippen molar-refractivity contribution in [2.24, 2.45) is 0 Å². The van der Waals surface area contributed by atoms with Gasteiger partial charge >= 0.3 is 0 Å². The van der Waals surface area contributed by atoms with E-state index in [1.54, 1.807) is 0 Å². The number of nitrogens with zero attached hydrogens (tertiary/aromatic N) is 4. The Morgan fingerprint density at radius 2 is 1.56 bits per heavy atom. The molecule has 1 aromatic heterocycles. The van der Waals surface area contributed by atoms with Crippen molar-refractivity contribution in [2.45, 2.75) is 40.8 Å². The number of benzene rings is 3. The van der Waals surface area contributed by atoms with Crippen molar-refractivity contribution < 1.29 is 4.74 Å². The Hall–Kier alpha value is -4.51. The molecule has 2 aliphatic heterocycles. The summed E-state index contributed by atoms with van der Waals surface area (Å²) in [6.45, 7) is 10.6. The fraction of sp³-hybridized carbons (Fsp3) is 0.206. The number of rotatable bonds is 5. The fourth-order valence-electron chi connectivity index (χ4n) is 5.89. The second-order valence-electron chi connectivity index (χ2n) is 10.7. The first kappa shape index (κ1) is 24.8. The van der Waals surface area contributed by atoms with Crippen molar-refractivity contribution in [3.05, 3.63) is 125 Å². The van der Waals surface area contributed by atoms with Crippen molar-refractivity contribution in [2.75, 3.05) is 7.05 Å². The van der Waals surface area contributed by atoms with Crippen LogP contribution >= 0.6 is 0 Å². The number of likely N-dealkylation sites (N-methyl/N-ethyl adjacent to an activating group) is 1. The number of ether oxygens (including phenoxy) is 1. The minimum absolute atomic E-state index is 0.179. The summed E-state index contributed by atoms with van der Waals surface area (Å²) < 4.78 is 8.54. The molecule has 0 saturated carbocycles. The van der Waals surface area contributed by atoms with Crippen LogP contribution in [0.2, 0.25) is 0 Å². The van der Waals surface area contributed by atoms with E-state index in [2.05, 4.69) is 123 Å². The highest BCUT2D eigenvalue weighted by Gasteiger charge is 2.29. The van der Waals surface area contributed by atoms with Crippen molar-refractivity contribution >= 4 is 5.70 Å². The van der Waals surface area contributed by atoms with Gasteiger partial charge in [-0.15, -0.1) is 0 Å². The third-order valence-corrected chi connectivity index (χ3v) is 7.42. The maximum atomic E-state index is 6.58. The van der Waals surface area contributed by atoms with Gasteiger partial charge in [0.1, 0.15) is 17.7 Å². The molecule has 1 atom stereocenters. The van der Waals surface area contributed by atoms with E-state index in [9.17, 15) is 0 Å². The van der Waals surface area contributed by atoms with E-state index in [1.165, 1.54) is 22.3 Å². The van der Waals surface area contributed by atoms with Gasteiger partial charge in [-0.3, -0.25) is 0 Å². The number of allylic oxidation sites excluding steroid dienone is 2. The van der Waals surface area contributed by atoms with Gasteiger partial charge in [0.25, 0.3) is 0 Å². The Labute approximate surface area is 231 Å². The molecule has 4 aromatic rings. The lowest BCUT2D eigenvalue weighted by atomic mass is 9.92. The number of aromatic nitrogens is 2. The third-order valence-electron chi connectivity index (χ3n) is 7.42. The maximum Gasteiger partial charge on any atom is 0.129 e. The molecular weight excluding hydrogens is 480 g/mol. The predicted molar refractivity (Wildman–Crippen MR) is 159 cm³/mol. The van der Waals surface area contributed by atoms with Gasteiger partial charge in [-0.2, -0.15) is 5.10 Å². The molecule has 3 aromatic carbocycles. The number of hydrogen-bond donors (Lipinski definition) is 0. The van der Waals surface area contributed by atoms with E-state index in [1.807, 2.05) is 29.8 Å². The molecule has 0 spiro atoms. The third kappa shape index (κ3) is 4.65. The zero-order valence-corrected chi connectivity index (χ0v) is 23.4. The molecule has 0 aliphatic carbocycles. The summed E-state index contributed by atoms with van der Waals surface area (Å²) >= 11 is 0. The van der Waals surface area contributed by atoms with E-state index < -0.39 is 0 Å². The van der Waals surface area contributed by atoms with Crippen LogP contribution in [0.1, 0.15) is 33.6 Å². The van der Waals surface area contributed by atoms with Gasteiger partial charge in [0.2, 0.25) is 0 Å². The van der Waals surface area contributed by atoms with Crippen LogP contribution in [0.4, 0.5) is 0 Å². The van der Waals surface area contributed by atoms with E-state index in [4.69, 9.17) is 4.74 Å². The molecule has 2 aliphatic rings. The van der Waals surface area contributed by atoms with Gasteiger partial charge in [0.15, 0.2) is 0 Å². The lowest BCUT2D eigenvalue weighted by molar-refractivity contribution is 0.282. The van der Waals surface area contributed by atoms with Gasteiger partial charge in [-0.05, 0) is 105 Å². The van der Waals surface area contributed by atoms with Crippen LogP contribution in [0.3, 0.4) is 0 Å². The molecule has 0 fully saturated rings. The van der Waals surface area contributed by atoms with Crippen LogP contribution < -0.4 is 4.74 Å². The van der Waals surface area contributed by atoms with Crippen LogP contribution in [0.25, 0.3) is 22.5 Å². The first-order chi connectivity index (χ1) is 18.8. The van der Waals surface area contributed by atoms with E-state index >= 15 is 0 Å². The summed E-state index contributed by atoms with van der Waals surface area (Å²) in [6, 6.07) is 21.3. The Balaban J connectivity index is 1.45. The maximum absolute atomic E-state index is 6.58. The largest absolute Gasteiger partial charge is 0.457 e. The molecule has 5 heteroatoms. The van der Waals surface area contributed by atoms with Crippen molar-refractivity contribution in [1.82, 2.24) is 19.6 Å². The molecule has 0 N–H and O–H groups in total. The molecule has 39 heavy (non-hydrogen) atoms. The van der Waals surface area contributed by atoms with Gasteiger partial charge < -0.3 is 14.5 Å². The number of hydrogen-bond acceptors (Lipinski definition) is 4. The summed E-state index contributed by atoms with van der Waals surface area (Å²) in [6.07, 6.45) is 10.9. The lowest BCUT2D eigenvalue weighted by Crippen LogP contribution is -2.33. The van der Waals surface area contributed by atoms with Crippen LogP contribution in [-0.2, 0) is 0 Å². The summed E-state index contributed by atoms with van der Waals surface area (Å²) in [4.78, 5) is 4.55. The van der Waals surface area contributed by atoms with Crippen LogP contribution in [0.15, 0.2) is 91.3 Å². The molecule has 0 bridgehead atoms. The Morgan fingerprint density at radius 3 is 2.31 bits per heavy atom. The Bertz CT molecular complexity index is 1650. The highest BCUT2D eigenvalue weighted by Crippen LogP contribution is 2.39. The topological polar surface area (TPSA) is 33.5 Å². The molecule has 5 nitrogen and oxygen atoms in total. The van der Waals surface area contributed by atoms with Gasteiger partial charge in [0, 0.05) is 36.8 Å². The zero-order chi connectivity index (χ0) is 27.3. The molecule has 1 unspecified atom stereocenters. The lowest BCUT2D eigenvalue weighted by Gasteiger charge is -2.29. The molecule has 6 rings (SSSR count). The van der Waals surface area contributed by atoms with Crippen LogP contribution in [0, 0.1) is 34.6 Å². The molecule has 3 heterocycles. The Kier molecular flexibility index (Phi) is 6.15. The standard InChI is InChI=1S/C34H34N4O/c1-22-14-23(2)34(24(3)15-22)28-17-27(32-21-36(6)33-12-7-8-13-37(32)33)18-31(19-28)39-30-11-9-10-29(20-30)38-26(5)16-25(4)35-38/h7-21,33H,1-6H3. The Morgan fingerprint density at radius 1 is 0.795 bits per heavy atom. The SMILES string of the molecule is Cc1cc(C)c(-c2cc(Oc3cccc(-n4nc(C)cc4C)c3)cc(C3=CN(C)C4C=CC=CN34)c2)c(C)c1. The summed E-state index contributed by atoms with van der Waals surface area (Å²) in [7, 11) is 2.12. The second kappa shape index (κ2) is 9.66. The van der Waals surface area contributed by atoms with Crippen molar-refractivity contribution in [3.8, 4) is 28.3 Å². The van der Waals surface area contributed by atoms with Crippen molar-refractivity contribution in [1.29, 1.82) is 0 Å². The fourth-order valence-corrected chi connectivity index (χ4v) is 5.89. The first-order valence-corrected chi connectivity index (χ1v) is 13.4. The van der Waals surface area contributed by atoms with Crippen molar-refractivity contribution in [3.63, 3.8) is 0 Å². The molecule has 0 saturated heterocycles. The first-order valence-electron chi connectivity index (χ1n) is 13.4. The minimum atomic E-state index is 0.179. The number of aryl methyl sites for hydroxylation is 5. The van der Waals surface area contributed by atoms with E-state index in [0.717, 1.165) is 45.4 Å². The minimum Gasteiger partial charge on any atom is -0.457 e. The highest BCUT2D eigenvalue weighted by atomic mass is 16.5. The van der Waals surface area contributed by atoms with Crippen LogP contribution in [-0.4, -0.2) is 32.8 Å². The smallest absolute Gasteiger partial charge is 0.129 e. The van der Waals surface area contributed by atoms with Crippen LogP contribution in [0.5, 0.6) is 11.5 Å². The zero-order valence-electron chi connectivity index (χ0n) is 23.4. The summed E-state index contributed by atoms with van der Waals surface area (Å²) in [5.74, 6) is 1.58. The molecule has 0 radical (unpaired) electrons. The average Bonchev–Trinajstić information content (AvgIpc) is 3.41. The van der Waals surface area contributed by atoms with Gasteiger partial charge in [0.05, 0.1) is 17.1 Å². The quantitative estimate of drug-likeness (QED) is 0.272. The molecule has 0 amide bonds. The van der Waals surface area contributed by atoms with Gasteiger partial charge in [-0.1, -0.05) is 29.8 Å². The summed E-state index contributed by atoms with van der Waals surface area (Å²) in [5.41, 5.74) is 11.5. The van der Waals surface area contributed by atoms with E-state index in [0.29, 0.717) is 0 Å². The second-order valence-corrected chi connectivity index (χ2v) is 10.7. The average molecular weight is 515 g/mol. The predicted octanol–water partition coefficient (Wildman–Crippen LogP) is 7.83.